The molecule has 0 atom stereocenters. The van der Waals surface area contributed by atoms with Gasteiger partial charge in [0.05, 0.1) is 0 Å². The van der Waals surface area contributed by atoms with Crippen molar-refractivity contribution in [2.75, 3.05) is 72.0 Å². The standard InChI is InChI=1S/C48H62N4/c1-10-49(11-2)41-26-18-37(19-27-41)34-46-36(9)45(38-20-28-42(29-21-38)50(12-3)13-4)35-47(39-22-30-43(31-23-39)51(14-5)15-6)48(46)40-24-32-44(33-25-40)52(16-7)17-8/h18-33,35H,10-17,34H2,1-9H3. The first kappa shape index (κ1) is 38.5. The van der Waals surface area contributed by atoms with E-state index in [1.165, 1.54) is 72.8 Å². The van der Waals surface area contributed by atoms with Gasteiger partial charge in [0.1, 0.15) is 0 Å². The molecule has 0 aromatic heterocycles. The van der Waals surface area contributed by atoms with E-state index in [0.29, 0.717) is 0 Å². The fourth-order valence-electron chi connectivity index (χ4n) is 7.84. The second kappa shape index (κ2) is 18.2. The van der Waals surface area contributed by atoms with Gasteiger partial charge in [-0.15, -0.1) is 0 Å². The third kappa shape index (κ3) is 8.33. The van der Waals surface area contributed by atoms with Crippen LogP contribution in [0.25, 0.3) is 33.4 Å². The van der Waals surface area contributed by atoms with Crippen LogP contribution in [0, 0.1) is 6.92 Å². The molecular formula is C48H62N4. The molecule has 0 spiro atoms. The van der Waals surface area contributed by atoms with Crippen LogP contribution in [0.3, 0.4) is 0 Å². The molecule has 0 N–H and O–H groups in total. The van der Waals surface area contributed by atoms with Gasteiger partial charge in [-0.1, -0.05) is 48.5 Å². The molecule has 0 aliphatic rings. The molecule has 0 amide bonds. The van der Waals surface area contributed by atoms with Crippen molar-refractivity contribution in [2.45, 2.75) is 68.7 Å². The molecule has 0 aliphatic heterocycles. The molecule has 5 aromatic rings. The molecular weight excluding hydrogens is 633 g/mol. The molecule has 0 bridgehead atoms. The smallest absolute Gasteiger partial charge is 0.0366 e. The topological polar surface area (TPSA) is 13.0 Å². The summed E-state index contributed by atoms with van der Waals surface area (Å²) in [6, 6.07) is 39.6. The van der Waals surface area contributed by atoms with Crippen LogP contribution < -0.4 is 19.6 Å². The highest BCUT2D eigenvalue weighted by Gasteiger charge is 2.21. The second-order valence-corrected chi connectivity index (χ2v) is 13.6. The van der Waals surface area contributed by atoms with E-state index < -0.39 is 0 Å². The molecule has 0 aliphatic carbocycles. The van der Waals surface area contributed by atoms with Gasteiger partial charge >= 0.3 is 0 Å². The van der Waals surface area contributed by atoms with Gasteiger partial charge in [-0.25, -0.2) is 0 Å². The monoisotopic (exact) mass is 694 g/mol. The van der Waals surface area contributed by atoms with Gasteiger partial charge in [-0.3, -0.25) is 0 Å². The summed E-state index contributed by atoms with van der Waals surface area (Å²) in [5.74, 6) is 0. The minimum Gasteiger partial charge on any atom is -0.372 e. The van der Waals surface area contributed by atoms with Crippen molar-refractivity contribution < 1.29 is 0 Å². The van der Waals surface area contributed by atoms with Crippen molar-refractivity contribution >= 4 is 22.7 Å². The second-order valence-electron chi connectivity index (χ2n) is 13.6. The van der Waals surface area contributed by atoms with Crippen molar-refractivity contribution in [3.8, 4) is 33.4 Å². The summed E-state index contributed by atoms with van der Waals surface area (Å²) < 4.78 is 0. The number of anilines is 4. The molecule has 52 heavy (non-hydrogen) atoms. The molecule has 4 heteroatoms. The van der Waals surface area contributed by atoms with Crippen molar-refractivity contribution in [1.82, 2.24) is 0 Å². The van der Waals surface area contributed by atoms with Crippen molar-refractivity contribution in [3.63, 3.8) is 0 Å². The van der Waals surface area contributed by atoms with Crippen molar-refractivity contribution in [2.24, 2.45) is 0 Å². The molecule has 5 rings (SSSR count). The fraction of sp³-hybridized carbons (Fsp3) is 0.375. The third-order valence-electron chi connectivity index (χ3n) is 11.1. The van der Waals surface area contributed by atoms with Gasteiger partial charge in [0.25, 0.3) is 0 Å². The number of nitrogens with zero attached hydrogens (tertiary/aromatic N) is 4. The molecule has 5 aromatic carbocycles. The average Bonchev–Trinajstić information content (AvgIpc) is 3.19. The SMILES string of the molecule is CCN(CC)c1ccc(Cc2c(C)c(-c3ccc(N(CC)CC)cc3)cc(-c3ccc(N(CC)CC)cc3)c2-c2ccc(N(CC)CC)cc2)cc1. The van der Waals surface area contributed by atoms with Crippen LogP contribution in [0.15, 0.2) is 103 Å². The van der Waals surface area contributed by atoms with Crippen molar-refractivity contribution in [1.29, 1.82) is 0 Å². The average molecular weight is 695 g/mol. The van der Waals surface area contributed by atoms with E-state index in [0.717, 1.165) is 58.8 Å². The molecule has 0 heterocycles. The number of hydrogen-bond acceptors (Lipinski definition) is 4. The normalized spacial score (nSPS) is 11.1. The maximum atomic E-state index is 2.47. The van der Waals surface area contributed by atoms with E-state index in [4.69, 9.17) is 0 Å². The fourth-order valence-corrected chi connectivity index (χ4v) is 7.84. The predicted octanol–water partition coefficient (Wildman–Crippen LogP) is 12.0. The Hall–Kier alpha value is -4.70. The first-order chi connectivity index (χ1) is 25.3. The molecule has 0 fully saturated rings. The van der Waals surface area contributed by atoms with Crippen molar-refractivity contribution in [3.05, 3.63) is 120 Å². The number of rotatable bonds is 17. The largest absolute Gasteiger partial charge is 0.372 e. The minimum atomic E-state index is 0.855. The molecule has 0 unspecified atom stereocenters. The summed E-state index contributed by atoms with van der Waals surface area (Å²) in [5.41, 5.74) is 16.8. The lowest BCUT2D eigenvalue weighted by Crippen LogP contribution is -2.21. The Balaban J connectivity index is 1.76. The number of hydrogen-bond donors (Lipinski definition) is 0. The van der Waals surface area contributed by atoms with Gasteiger partial charge in [-0.2, -0.15) is 0 Å². The van der Waals surface area contributed by atoms with Crippen LogP contribution >= 0.6 is 0 Å². The Morgan fingerprint density at radius 3 is 1.02 bits per heavy atom. The molecule has 4 nitrogen and oxygen atoms in total. The molecule has 0 radical (unpaired) electrons. The Kier molecular flexibility index (Phi) is 13.5. The zero-order valence-corrected chi connectivity index (χ0v) is 33.5. The van der Waals surface area contributed by atoms with Gasteiger partial charge in [0, 0.05) is 75.1 Å². The van der Waals surface area contributed by atoms with Crippen LogP contribution in [0.1, 0.15) is 72.1 Å². The van der Waals surface area contributed by atoms with Crippen LogP contribution in [0.5, 0.6) is 0 Å². The highest BCUT2D eigenvalue weighted by atomic mass is 15.1. The summed E-state index contributed by atoms with van der Waals surface area (Å²) in [5, 5.41) is 0. The first-order valence-electron chi connectivity index (χ1n) is 19.9. The molecule has 0 saturated heterocycles. The lowest BCUT2D eigenvalue weighted by molar-refractivity contribution is 0.866. The van der Waals surface area contributed by atoms with Crippen LogP contribution in [-0.4, -0.2) is 52.4 Å². The van der Waals surface area contributed by atoms with Gasteiger partial charge in [0.15, 0.2) is 0 Å². The Labute approximate surface area is 315 Å². The van der Waals surface area contributed by atoms with E-state index in [2.05, 4.69) is 185 Å². The van der Waals surface area contributed by atoms with Gasteiger partial charge in [-0.05, 0) is 173 Å². The summed E-state index contributed by atoms with van der Waals surface area (Å²) in [6.45, 7) is 28.2. The Morgan fingerprint density at radius 1 is 0.365 bits per heavy atom. The first-order valence-corrected chi connectivity index (χ1v) is 19.9. The van der Waals surface area contributed by atoms with E-state index in [1.807, 2.05) is 0 Å². The van der Waals surface area contributed by atoms with Crippen LogP contribution in [-0.2, 0) is 6.42 Å². The molecule has 0 saturated carbocycles. The zero-order chi connectivity index (χ0) is 37.2. The maximum Gasteiger partial charge on any atom is 0.0366 e. The maximum absolute atomic E-state index is 2.47. The summed E-state index contributed by atoms with van der Waals surface area (Å²) in [4.78, 5) is 9.67. The highest BCUT2D eigenvalue weighted by Crippen LogP contribution is 2.43. The Morgan fingerprint density at radius 2 is 0.673 bits per heavy atom. The third-order valence-corrected chi connectivity index (χ3v) is 11.1. The quantitative estimate of drug-likeness (QED) is 0.0960. The lowest BCUT2D eigenvalue weighted by atomic mass is 9.81. The molecule has 274 valence electrons. The van der Waals surface area contributed by atoms with E-state index in [9.17, 15) is 0 Å². The lowest BCUT2D eigenvalue weighted by Gasteiger charge is -2.25. The number of benzene rings is 5. The predicted molar refractivity (Wildman–Crippen MR) is 231 cm³/mol. The van der Waals surface area contributed by atoms with Crippen LogP contribution in [0.4, 0.5) is 22.7 Å². The van der Waals surface area contributed by atoms with E-state index >= 15 is 0 Å². The summed E-state index contributed by atoms with van der Waals surface area (Å²) in [7, 11) is 0. The zero-order valence-electron chi connectivity index (χ0n) is 33.5. The summed E-state index contributed by atoms with van der Waals surface area (Å²) >= 11 is 0. The van der Waals surface area contributed by atoms with Crippen LogP contribution in [0.2, 0.25) is 0 Å². The van der Waals surface area contributed by atoms with E-state index in [-0.39, 0.29) is 0 Å². The van der Waals surface area contributed by atoms with Gasteiger partial charge in [0.2, 0.25) is 0 Å². The Bertz CT molecular complexity index is 1820. The van der Waals surface area contributed by atoms with Gasteiger partial charge < -0.3 is 19.6 Å². The minimum absolute atomic E-state index is 0.855. The highest BCUT2D eigenvalue weighted by molar-refractivity contribution is 5.92. The van der Waals surface area contributed by atoms with E-state index in [1.54, 1.807) is 0 Å². The summed E-state index contributed by atoms with van der Waals surface area (Å²) in [6.07, 6.45) is 0.855.